The number of Topliss-reactive ketones (excluding diaryl/α,β-unsaturated/α-hetero) is 2. The summed E-state index contributed by atoms with van der Waals surface area (Å²) in [5, 5.41) is 13.4. The van der Waals surface area contributed by atoms with Gasteiger partial charge in [-0.3, -0.25) is 29.3 Å². The van der Waals surface area contributed by atoms with Crippen LogP contribution in [0.15, 0.2) is 47.3 Å². The van der Waals surface area contributed by atoms with Crippen LogP contribution in [0.1, 0.15) is 11.6 Å². The molecule has 0 bridgehead atoms. The molecule has 1 amide bonds. The highest BCUT2D eigenvalue weighted by molar-refractivity contribution is 6.52. The van der Waals surface area contributed by atoms with E-state index in [2.05, 4.69) is 20.0 Å². The van der Waals surface area contributed by atoms with Crippen molar-refractivity contribution < 1.29 is 28.8 Å². The summed E-state index contributed by atoms with van der Waals surface area (Å²) < 4.78 is 4.34. The molecule has 0 saturated carbocycles. The van der Waals surface area contributed by atoms with Gasteiger partial charge in [0.2, 0.25) is 5.78 Å². The van der Waals surface area contributed by atoms with Crippen molar-refractivity contribution in [3.63, 3.8) is 0 Å². The highest BCUT2D eigenvalue weighted by atomic mass is 35.5. The van der Waals surface area contributed by atoms with Gasteiger partial charge >= 0.3 is 5.97 Å². The van der Waals surface area contributed by atoms with Gasteiger partial charge in [-0.05, 0) is 24.3 Å². The highest BCUT2D eigenvalue weighted by Crippen LogP contribution is 2.21. The van der Waals surface area contributed by atoms with Crippen molar-refractivity contribution in [2.45, 2.75) is 5.92 Å². The molecule has 12 nitrogen and oxygen atoms in total. The number of amides is 1. The van der Waals surface area contributed by atoms with Crippen LogP contribution in [0.4, 0.5) is 11.4 Å². The lowest BCUT2D eigenvalue weighted by atomic mass is 9.94. The molecule has 0 aliphatic heterocycles. The van der Waals surface area contributed by atoms with Crippen LogP contribution in [0.3, 0.4) is 0 Å². The fourth-order valence-corrected chi connectivity index (χ4v) is 3.06. The SMILES string of the molecule is COC(=O)C(=O)[C@H](C(=O)C(=O)Nc1cccc(Cl)c1)c1nc2ccc([N+](=O)[O-])cc2[nH]c1=O. The molecule has 168 valence electrons. The topological polar surface area (TPSA) is 178 Å². The van der Waals surface area contributed by atoms with Gasteiger partial charge in [0, 0.05) is 22.8 Å². The van der Waals surface area contributed by atoms with Gasteiger partial charge in [-0.25, -0.2) is 9.78 Å². The number of nitro groups is 1. The minimum Gasteiger partial charge on any atom is -0.463 e. The molecule has 1 atom stereocenters. The van der Waals surface area contributed by atoms with E-state index >= 15 is 0 Å². The van der Waals surface area contributed by atoms with E-state index in [9.17, 15) is 34.1 Å². The van der Waals surface area contributed by atoms with Crippen LogP contribution in [0, 0.1) is 10.1 Å². The van der Waals surface area contributed by atoms with E-state index < -0.39 is 45.5 Å². The van der Waals surface area contributed by atoms with Gasteiger partial charge in [-0.2, -0.15) is 0 Å². The number of fused-ring (bicyclic) bond motifs is 1. The Kier molecular flexibility index (Phi) is 6.59. The number of carbonyl (C=O) groups excluding carboxylic acids is 4. The van der Waals surface area contributed by atoms with Crippen molar-refractivity contribution in [1.82, 2.24) is 9.97 Å². The number of aromatic amines is 1. The number of hydrogen-bond acceptors (Lipinski definition) is 9. The quantitative estimate of drug-likeness (QED) is 0.169. The number of benzene rings is 2. The summed E-state index contributed by atoms with van der Waals surface area (Å²) in [6.07, 6.45) is 0. The number of ether oxygens (including phenoxy) is 1. The summed E-state index contributed by atoms with van der Waals surface area (Å²) in [6.45, 7) is 0. The first-order valence-electron chi connectivity index (χ1n) is 9.03. The number of non-ortho nitro benzene ring substituents is 1. The van der Waals surface area contributed by atoms with Crippen LogP contribution in [0.25, 0.3) is 11.0 Å². The van der Waals surface area contributed by atoms with E-state index in [4.69, 9.17) is 11.6 Å². The summed E-state index contributed by atoms with van der Waals surface area (Å²) >= 11 is 5.83. The van der Waals surface area contributed by atoms with E-state index in [0.29, 0.717) is 0 Å². The maximum atomic E-state index is 12.9. The summed E-state index contributed by atoms with van der Waals surface area (Å²) in [5.41, 5.74) is -2.16. The van der Waals surface area contributed by atoms with Gasteiger partial charge in [0.15, 0.2) is 0 Å². The number of esters is 1. The Morgan fingerprint density at radius 1 is 1.15 bits per heavy atom. The number of halogens is 1. The molecule has 1 heterocycles. The van der Waals surface area contributed by atoms with Crippen LogP contribution < -0.4 is 10.9 Å². The Hall–Kier alpha value is -4.45. The second-order valence-electron chi connectivity index (χ2n) is 6.53. The molecular formula is C20H13ClN4O8. The van der Waals surface area contributed by atoms with Crippen LogP contribution in [-0.4, -0.2) is 45.4 Å². The molecule has 13 heteroatoms. The zero-order valence-corrected chi connectivity index (χ0v) is 17.4. The fourth-order valence-electron chi connectivity index (χ4n) is 2.87. The van der Waals surface area contributed by atoms with Crippen molar-refractivity contribution >= 4 is 57.5 Å². The number of hydrogen-bond donors (Lipinski definition) is 2. The molecule has 0 aliphatic rings. The molecular weight excluding hydrogens is 460 g/mol. The number of rotatable bonds is 7. The summed E-state index contributed by atoms with van der Waals surface area (Å²) in [6, 6.07) is 9.05. The van der Waals surface area contributed by atoms with Gasteiger partial charge in [-0.15, -0.1) is 0 Å². The Bertz CT molecular complexity index is 1380. The molecule has 3 aromatic rings. The first-order chi connectivity index (χ1) is 15.6. The Balaban J connectivity index is 2.07. The maximum Gasteiger partial charge on any atom is 0.375 e. The number of nitro benzene ring substituents is 1. The standard InChI is InChI=1S/C20H13ClN4O8/c1-33-20(30)17(27)14(16(26)19(29)22-10-4-2-3-9(21)7-10)15-18(28)24-13-8-11(25(31)32)5-6-12(13)23-15/h2-8,14H,1H3,(H,22,29)(H,24,28)/t14-/m0/s1. The van der Waals surface area contributed by atoms with Gasteiger partial charge in [0.1, 0.15) is 11.6 Å². The lowest BCUT2D eigenvalue weighted by Crippen LogP contribution is -2.39. The first-order valence-corrected chi connectivity index (χ1v) is 9.41. The van der Waals surface area contributed by atoms with E-state index in [1.54, 1.807) is 0 Å². The molecule has 0 spiro atoms. The van der Waals surface area contributed by atoms with Gasteiger partial charge < -0.3 is 15.0 Å². The zero-order valence-electron chi connectivity index (χ0n) is 16.7. The molecule has 2 aromatic carbocycles. The number of anilines is 1. The average molecular weight is 473 g/mol. The average Bonchev–Trinajstić information content (AvgIpc) is 2.78. The maximum absolute atomic E-state index is 12.9. The van der Waals surface area contributed by atoms with E-state index in [1.807, 2.05) is 0 Å². The fraction of sp³-hybridized carbons (Fsp3) is 0.100. The minimum absolute atomic E-state index is 0.0269. The van der Waals surface area contributed by atoms with Crippen molar-refractivity contribution in [3.8, 4) is 0 Å². The molecule has 3 rings (SSSR count). The predicted octanol–water partition coefficient (Wildman–Crippen LogP) is 1.52. The van der Waals surface area contributed by atoms with Gasteiger partial charge in [0.05, 0.1) is 23.1 Å². The third kappa shape index (κ3) is 4.91. The number of nitrogens with zero attached hydrogens (tertiary/aromatic N) is 2. The number of carbonyl (C=O) groups is 4. The molecule has 0 saturated heterocycles. The number of aromatic nitrogens is 2. The van der Waals surface area contributed by atoms with Crippen molar-refractivity contribution in [2.24, 2.45) is 0 Å². The van der Waals surface area contributed by atoms with Crippen LogP contribution in [-0.2, 0) is 23.9 Å². The third-order valence-electron chi connectivity index (χ3n) is 4.40. The molecule has 0 unspecified atom stereocenters. The number of H-pyrrole nitrogens is 1. The molecule has 2 N–H and O–H groups in total. The Morgan fingerprint density at radius 3 is 2.52 bits per heavy atom. The lowest BCUT2D eigenvalue weighted by Gasteiger charge is -2.13. The van der Waals surface area contributed by atoms with Gasteiger partial charge in [0.25, 0.3) is 22.9 Å². The predicted molar refractivity (Wildman–Crippen MR) is 114 cm³/mol. The van der Waals surface area contributed by atoms with Crippen molar-refractivity contribution in [1.29, 1.82) is 0 Å². The first kappa shape index (κ1) is 23.2. The van der Waals surface area contributed by atoms with Crippen LogP contribution in [0.5, 0.6) is 0 Å². The molecule has 0 radical (unpaired) electrons. The Morgan fingerprint density at radius 2 is 1.88 bits per heavy atom. The third-order valence-corrected chi connectivity index (χ3v) is 4.64. The largest absolute Gasteiger partial charge is 0.463 e. The monoisotopic (exact) mass is 472 g/mol. The smallest absolute Gasteiger partial charge is 0.375 e. The normalized spacial score (nSPS) is 11.5. The second kappa shape index (κ2) is 9.36. The number of ketones is 2. The van der Waals surface area contributed by atoms with E-state index in [1.165, 1.54) is 30.3 Å². The zero-order chi connectivity index (χ0) is 24.3. The van der Waals surface area contributed by atoms with E-state index in [0.717, 1.165) is 19.2 Å². The molecule has 33 heavy (non-hydrogen) atoms. The van der Waals surface area contributed by atoms with Crippen molar-refractivity contribution in [3.05, 3.63) is 73.6 Å². The lowest BCUT2D eigenvalue weighted by molar-refractivity contribution is -0.384. The van der Waals surface area contributed by atoms with Crippen molar-refractivity contribution in [2.75, 3.05) is 12.4 Å². The molecule has 0 aliphatic carbocycles. The van der Waals surface area contributed by atoms with Gasteiger partial charge in [-0.1, -0.05) is 17.7 Å². The summed E-state index contributed by atoms with van der Waals surface area (Å²) in [4.78, 5) is 78.9. The summed E-state index contributed by atoms with van der Waals surface area (Å²) in [7, 11) is 0.880. The second-order valence-corrected chi connectivity index (χ2v) is 6.96. The minimum atomic E-state index is -2.22. The Labute approximate surface area is 188 Å². The highest BCUT2D eigenvalue weighted by Gasteiger charge is 2.40. The summed E-state index contributed by atoms with van der Waals surface area (Å²) in [5.74, 6) is -7.97. The van der Waals surface area contributed by atoms with Crippen LogP contribution in [0.2, 0.25) is 5.02 Å². The van der Waals surface area contributed by atoms with Crippen LogP contribution >= 0.6 is 11.6 Å². The number of methoxy groups -OCH3 is 1. The number of nitrogens with one attached hydrogen (secondary N) is 2. The van der Waals surface area contributed by atoms with E-state index in [-0.39, 0.29) is 27.4 Å². The molecule has 0 fully saturated rings. The molecule has 1 aromatic heterocycles.